The third-order valence-corrected chi connectivity index (χ3v) is 7.08. The van der Waals surface area contributed by atoms with Crippen LogP contribution < -0.4 is 14.9 Å². The Balaban J connectivity index is 1.36. The molecule has 0 radical (unpaired) electrons. The second-order valence-electron chi connectivity index (χ2n) is 9.69. The number of esters is 1. The number of benzene rings is 3. The lowest BCUT2D eigenvalue weighted by molar-refractivity contribution is -0.145. The fourth-order valence-electron chi connectivity index (χ4n) is 4.38. The average molecular weight is 608 g/mol. The van der Waals surface area contributed by atoms with Gasteiger partial charge in [-0.2, -0.15) is 0 Å². The number of ether oxygens (including phenoxy) is 3. The molecule has 216 valence electrons. The van der Waals surface area contributed by atoms with E-state index in [-0.39, 0.29) is 31.2 Å². The lowest BCUT2D eigenvalue weighted by Crippen LogP contribution is -2.14. The molecule has 0 aliphatic rings. The number of halogens is 2. The fraction of sp³-hybridized carbons (Fsp3) is 0.219. The molecule has 0 unspecified atom stereocenters. The van der Waals surface area contributed by atoms with Crippen LogP contribution in [0.4, 0.5) is 0 Å². The summed E-state index contributed by atoms with van der Waals surface area (Å²) in [6.07, 6.45) is 1.43. The molecule has 5 aromatic rings. The van der Waals surface area contributed by atoms with Crippen molar-refractivity contribution < 1.29 is 27.9 Å². The number of carbonyl (C=O) groups excluding carboxylic acids is 1. The Morgan fingerprint density at radius 1 is 1.00 bits per heavy atom. The molecule has 0 N–H and O–H groups in total. The van der Waals surface area contributed by atoms with Crippen molar-refractivity contribution in [3.05, 3.63) is 98.5 Å². The molecule has 42 heavy (non-hydrogen) atoms. The maximum absolute atomic E-state index is 13.3. The first-order valence-electron chi connectivity index (χ1n) is 13.3. The molecular weight excluding hydrogens is 581 g/mol. The summed E-state index contributed by atoms with van der Waals surface area (Å²) in [7, 11) is 0. The van der Waals surface area contributed by atoms with Gasteiger partial charge in [-0.05, 0) is 54.4 Å². The SMILES string of the molecule is CCOC(=O)COc1ccc(-c2coc3cc(COc4c(-c5c(Cl)cccc5Cl)noc4C(C)C)ccc3c2=O)cc1. The van der Waals surface area contributed by atoms with E-state index in [1.165, 1.54) is 6.26 Å². The minimum absolute atomic E-state index is 0.00578. The minimum atomic E-state index is -0.450. The van der Waals surface area contributed by atoms with Gasteiger partial charge >= 0.3 is 5.97 Å². The van der Waals surface area contributed by atoms with E-state index in [0.29, 0.717) is 60.7 Å². The highest BCUT2D eigenvalue weighted by atomic mass is 35.5. The summed E-state index contributed by atoms with van der Waals surface area (Å²) in [5.41, 5.74) is 3.01. The summed E-state index contributed by atoms with van der Waals surface area (Å²) in [6, 6.07) is 17.3. The van der Waals surface area contributed by atoms with Gasteiger partial charge in [0.05, 0.1) is 27.6 Å². The fourth-order valence-corrected chi connectivity index (χ4v) is 4.95. The zero-order chi connectivity index (χ0) is 29.8. The Hall–Kier alpha value is -4.27. The Morgan fingerprint density at radius 2 is 1.74 bits per heavy atom. The van der Waals surface area contributed by atoms with Gasteiger partial charge in [-0.25, -0.2) is 4.79 Å². The summed E-state index contributed by atoms with van der Waals surface area (Å²) in [4.78, 5) is 24.8. The summed E-state index contributed by atoms with van der Waals surface area (Å²) < 4.78 is 28.0. The molecule has 0 atom stereocenters. The van der Waals surface area contributed by atoms with E-state index in [9.17, 15) is 9.59 Å². The van der Waals surface area contributed by atoms with Crippen LogP contribution in [-0.4, -0.2) is 24.3 Å². The smallest absolute Gasteiger partial charge is 0.344 e. The molecule has 0 saturated heterocycles. The van der Waals surface area contributed by atoms with E-state index in [4.69, 9.17) is 46.4 Å². The first-order chi connectivity index (χ1) is 20.3. The van der Waals surface area contributed by atoms with Gasteiger partial charge in [0.1, 0.15) is 24.2 Å². The molecule has 5 rings (SSSR count). The zero-order valence-corrected chi connectivity index (χ0v) is 24.6. The Labute approximate surface area is 251 Å². The molecule has 2 aromatic heterocycles. The topological polar surface area (TPSA) is 101 Å². The van der Waals surface area contributed by atoms with Crippen molar-refractivity contribution in [1.82, 2.24) is 5.16 Å². The van der Waals surface area contributed by atoms with Gasteiger partial charge in [-0.15, -0.1) is 0 Å². The summed E-state index contributed by atoms with van der Waals surface area (Å²) in [5.74, 6) is 1.04. The van der Waals surface area contributed by atoms with Crippen LogP contribution >= 0.6 is 23.2 Å². The standard InChI is InChI=1S/C32H27Cl2NO7/c1-4-38-27(36)17-39-21-11-9-20(10-12-21)23-16-40-26-14-19(8-13-22(26)30(23)37)15-41-32-29(35-42-31(32)18(2)3)28-24(33)6-5-7-25(28)34/h5-14,16,18H,4,15,17H2,1-3H3. The third kappa shape index (κ3) is 6.15. The average Bonchev–Trinajstić information content (AvgIpc) is 3.39. The predicted molar refractivity (Wildman–Crippen MR) is 160 cm³/mol. The molecule has 0 bridgehead atoms. The van der Waals surface area contributed by atoms with Crippen LogP contribution in [0.25, 0.3) is 33.4 Å². The van der Waals surface area contributed by atoms with Gasteiger partial charge in [0, 0.05) is 11.5 Å². The lowest BCUT2D eigenvalue weighted by Gasteiger charge is -2.11. The zero-order valence-electron chi connectivity index (χ0n) is 23.1. The number of aromatic nitrogens is 1. The van der Waals surface area contributed by atoms with Crippen molar-refractivity contribution in [2.24, 2.45) is 0 Å². The molecule has 2 heterocycles. The van der Waals surface area contributed by atoms with E-state index in [1.807, 2.05) is 13.8 Å². The second kappa shape index (κ2) is 12.7. The van der Waals surface area contributed by atoms with Gasteiger partial charge in [0.15, 0.2) is 29.2 Å². The first-order valence-corrected chi connectivity index (χ1v) is 14.0. The quantitative estimate of drug-likeness (QED) is 0.147. The Bertz CT molecular complexity index is 1770. The molecule has 0 spiro atoms. The Morgan fingerprint density at radius 3 is 2.43 bits per heavy atom. The van der Waals surface area contributed by atoms with Crippen molar-refractivity contribution in [1.29, 1.82) is 0 Å². The van der Waals surface area contributed by atoms with Crippen molar-refractivity contribution in [3.63, 3.8) is 0 Å². The molecular formula is C32H27Cl2NO7. The molecule has 0 aliphatic carbocycles. The van der Waals surface area contributed by atoms with Crippen LogP contribution in [0.5, 0.6) is 11.5 Å². The monoisotopic (exact) mass is 607 g/mol. The number of fused-ring (bicyclic) bond motifs is 1. The highest BCUT2D eigenvalue weighted by Crippen LogP contribution is 2.43. The van der Waals surface area contributed by atoms with Gasteiger partial charge in [0.2, 0.25) is 0 Å². The largest absolute Gasteiger partial charge is 0.483 e. The van der Waals surface area contributed by atoms with Crippen LogP contribution in [0.3, 0.4) is 0 Å². The van der Waals surface area contributed by atoms with Crippen LogP contribution in [0.2, 0.25) is 10.0 Å². The summed E-state index contributed by atoms with van der Waals surface area (Å²) >= 11 is 12.9. The van der Waals surface area contributed by atoms with Crippen LogP contribution in [-0.2, 0) is 16.1 Å². The van der Waals surface area contributed by atoms with E-state index < -0.39 is 5.97 Å². The third-order valence-electron chi connectivity index (χ3n) is 6.45. The van der Waals surface area contributed by atoms with Crippen molar-refractivity contribution in [3.8, 4) is 33.9 Å². The Kier molecular flexibility index (Phi) is 8.85. The molecule has 0 aliphatic heterocycles. The number of hydrogen-bond acceptors (Lipinski definition) is 8. The first kappa shape index (κ1) is 29.2. The lowest BCUT2D eigenvalue weighted by atomic mass is 10.0. The van der Waals surface area contributed by atoms with Crippen LogP contribution in [0.15, 0.2) is 80.7 Å². The maximum atomic E-state index is 13.3. The van der Waals surface area contributed by atoms with E-state index in [2.05, 4.69) is 5.16 Å². The highest BCUT2D eigenvalue weighted by molar-refractivity contribution is 6.39. The van der Waals surface area contributed by atoms with Gasteiger partial charge in [-0.3, -0.25) is 4.79 Å². The molecule has 0 saturated carbocycles. The molecule has 10 heteroatoms. The maximum Gasteiger partial charge on any atom is 0.344 e. The van der Waals surface area contributed by atoms with Crippen molar-refractivity contribution >= 4 is 40.1 Å². The van der Waals surface area contributed by atoms with Crippen molar-refractivity contribution in [2.75, 3.05) is 13.2 Å². The molecule has 0 fully saturated rings. The normalized spacial score (nSPS) is 11.2. The number of carbonyl (C=O) groups is 1. The van der Waals surface area contributed by atoms with E-state index >= 15 is 0 Å². The van der Waals surface area contributed by atoms with Gasteiger partial charge in [0.25, 0.3) is 0 Å². The predicted octanol–water partition coefficient (Wildman–Crippen LogP) is 8.07. The minimum Gasteiger partial charge on any atom is -0.483 e. The van der Waals surface area contributed by atoms with Crippen LogP contribution in [0, 0.1) is 0 Å². The van der Waals surface area contributed by atoms with E-state index in [0.717, 1.165) is 5.56 Å². The number of rotatable bonds is 10. The van der Waals surface area contributed by atoms with Crippen LogP contribution in [0.1, 0.15) is 38.0 Å². The number of hydrogen-bond donors (Lipinski definition) is 0. The molecule has 0 amide bonds. The molecule has 8 nitrogen and oxygen atoms in total. The van der Waals surface area contributed by atoms with Gasteiger partial charge < -0.3 is 23.2 Å². The van der Waals surface area contributed by atoms with Crippen molar-refractivity contribution in [2.45, 2.75) is 33.3 Å². The summed E-state index contributed by atoms with van der Waals surface area (Å²) in [5, 5.41) is 5.50. The van der Waals surface area contributed by atoms with E-state index in [1.54, 1.807) is 67.6 Å². The highest BCUT2D eigenvalue weighted by Gasteiger charge is 2.25. The number of nitrogens with zero attached hydrogens (tertiary/aromatic N) is 1. The van der Waals surface area contributed by atoms with Gasteiger partial charge in [-0.1, -0.05) is 66.5 Å². The second-order valence-corrected chi connectivity index (χ2v) is 10.5. The molecule has 3 aromatic carbocycles. The summed E-state index contributed by atoms with van der Waals surface area (Å²) in [6.45, 7) is 5.92.